The normalized spacial score (nSPS) is 22.0. The number of hydrogen-bond donors (Lipinski definition) is 1. The number of carbonyl (C=O) groups excluding carboxylic acids is 1. The minimum atomic E-state index is -1.80. The SMILES string of the molecule is O=C(NCc1ccncc1)C1(F)CCCN(Cc2ccsc2)C1. The van der Waals surface area contributed by atoms with Crippen LogP contribution in [-0.2, 0) is 17.9 Å². The van der Waals surface area contributed by atoms with E-state index in [2.05, 4.69) is 15.7 Å². The molecule has 6 heteroatoms. The van der Waals surface area contributed by atoms with Gasteiger partial charge >= 0.3 is 0 Å². The van der Waals surface area contributed by atoms with Crippen LogP contribution in [0.3, 0.4) is 0 Å². The third kappa shape index (κ3) is 4.14. The molecule has 4 nitrogen and oxygen atoms in total. The van der Waals surface area contributed by atoms with Gasteiger partial charge in [-0.15, -0.1) is 0 Å². The van der Waals surface area contributed by atoms with Crippen LogP contribution >= 0.6 is 11.3 Å². The Hall–Kier alpha value is -1.79. The Balaban J connectivity index is 1.57. The van der Waals surface area contributed by atoms with Crippen molar-refractivity contribution in [2.45, 2.75) is 31.6 Å². The number of aromatic nitrogens is 1. The smallest absolute Gasteiger partial charge is 0.259 e. The zero-order valence-electron chi connectivity index (χ0n) is 12.9. The topological polar surface area (TPSA) is 45.2 Å². The molecule has 0 aromatic carbocycles. The van der Waals surface area contributed by atoms with Gasteiger partial charge < -0.3 is 5.32 Å². The Labute approximate surface area is 139 Å². The number of rotatable bonds is 5. The highest BCUT2D eigenvalue weighted by Crippen LogP contribution is 2.27. The quantitative estimate of drug-likeness (QED) is 0.915. The van der Waals surface area contributed by atoms with E-state index < -0.39 is 11.6 Å². The summed E-state index contributed by atoms with van der Waals surface area (Å²) in [6.07, 6.45) is 4.31. The molecule has 1 saturated heterocycles. The molecule has 3 heterocycles. The maximum absolute atomic E-state index is 15.1. The largest absolute Gasteiger partial charge is 0.349 e. The second kappa shape index (κ2) is 7.19. The van der Waals surface area contributed by atoms with Crippen LogP contribution in [-0.4, -0.2) is 34.5 Å². The van der Waals surface area contributed by atoms with Crippen molar-refractivity contribution in [3.63, 3.8) is 0 Å². The van der Waals surface area contributed by atoms with E-state index in [0.29, 0.717) is 19.5 Å². The number of amides is 1. The molecule has 0 bridgehead atoms. The molecule has 0 saturated carbocycles. The van der Waals surface area contributed by atoms with Gasteiger partial charge in [0.2, 0.25) is 5.67 Å². The maximum Gasteiger partial charge on any atom is 0.259 e. The third-order valence-electron chi connectivity index (χ3n) is 4.12. The van der Waals surface area contributed by atoms with Crippen LogP contribution in [0.15, 0.2) is 41.4 Å². The highest BCUT2D eigenvalue weighted by Gasteiger charge is 2.42. The molecule has 122 valence electrons. The Morgan fingerprint density at radius 3 is 2.91 bits per heavy atom. The summed E-state index contributed by atoms with van der Waals surface area (Å²) in [5.41, 5.74) is 0.292. The molecule has 0 aliphatic carbocycles. The van der Waals surface area contributed by atoms with E-state index in [9.17, 15) is 4.79 Å². The predicted octanol–water partition coefficient (Wildman–Crippen LogP) is 2.76. The number of piperidine rings is 1. The molecular weight excluding hydrogens is 313 g/mol. The molecule has 1 atom stereocenters. The number of pyridine rings is 1. The molecule has 2 aromatic rings. The molecule has 1 amide bonds. The highest BCUT2D eigenvalue weighted by atomic mass is 32.1. The zero-order chi connectivity index (χ0) is 16.1. The molecule has 2 aromatic heterocycles. The lowest BCUT2D eigenvalue weighted by Crippen LogP contribution is -2.53. The summed E-state index contributed by atoms with van der Waals surface area (Å²) in [6.45, 7) is 2.02. The first kappa shape index (κ1) is 16.1. The summed E-state index contributed by atoms with van der Waals surface area (Å²) in [5.74, 6) is -0.510. The van der Waals surface area contributed by atoms with Gasteiger partial charge in [-0.05, 0) is 59.5 Å². The first-order valence-corrected chi connectivity index (χ1v) is 8.69. The van der Waals surface area contributed by atoms with Gasteiger partial charge in [0, 0.05) is 32.0 Å². The fourth-order valence-electron chi connectivity index (χ4n) is 2.90. The summed E-state index contributed by atoms with van der Waals surface area (Å²) >= 11 is 1.64. The van der Waals surface area contributed by atoms with E-state index >= 15 is 4.39 Å². The fourth-order valence-corrected chi connectivity index (χ4v) is 3.56. The number of nitrogens with zero attached hydrogens (tertiary/aromatic N) is 2. The second-order valence-corrected chi connectivity index (χ2v) is 6.73. The summed E-state index contributed by atoms with van der Waals surface area (Å²) in [6, 6.07) is 5.67. The minimum absolute atomic E-state index is 0.158. The van der Waals surface area contributed by atoms with Gasteiger partial charge in [0.05, 0.1) is 0 Å². The van der Waals surface area contributed by atoms with Crippen LogP contribution in [0.4, 0.5) is 4.39 Å². The van der Waals surface area contributed by atoms with E-state index in [1.165, 1.54) is 5.56 Å². The van der Waals surface area contributed by atoms with Crippen LogP contribution < -0.4 is 5.32 Å². The maximum atomic E-state index is 15.1. The summed E-state index contributed by atoms with van der Waals surface area (Å²) < 4.78 is 15.1. The van der Waals surface area contributed by atoms with Crippen molar-refractivity contribution in [1.29, 1.82) is 0 Å². The van der Waals surface area contributed by atoms with Crippen molar-refractivity contribution in [2.24, 2.45) is 0 Å². The Kier molecular flexibility index (Phi) is 5.03. The van der Waals surface area contributed by atoms with Gasteiger partial charge in [-0.2, -0.15) is 11.3 Å². The van der Waals surface area contributed by atoms with Crippen LogP contribution in [0.25, 0.3) is 0 Å². The van der Waals surface area contributed by atoms with Crippen molar-refractivity contribution in [1.82, 2.24) is 15.2 Å². The average molecular weight is 333 g/mol. The number of nitrogens with one attached hydrogen (secondary N) is 1. The van der Waals surface area contributed by atoms with Crippen LogP contribution in [0.5, 0.6) is 0 Å². The van der Waals surface area contributed by atoms with E-state index in [1.54, 1.807) is 23.7 Å². The average Bonchev–Trinajstić information content (AvgIpc) is 3.06. The second-order valence-electron chi connectivity index (χ2n) is 5.95. The molecule has 0 radical (unpaired) electrons. The molecule has 0 spiro atoms. The molecule has 1 unspecified atom stereocenters. The first-order valence-electron chi connectivity index (χ1n) is 7.75. The molecule has 23 heavy (non-hydrogen) atoms. The molecular formula is C17H20FN3OS. The minimum Gasteiger partial charge on any atom is -0.349 e. The molecule has 1 aliphatic heterocycles. The Bertz CT molecular complexity index is 635. The van der Waals surface area contributed by atoms with Gasteiger partial charge in [-0.1, -0.05) is 0 Å². The Morgan fingerprint density at radius 1 is 1.35 bits per heavy atom. The lowest BCUT2D eigenvalue weighted by molar-refractivity contribution is -0.137. The van der Waals surface area contributed by atoms with E-state index in [4.69, 9.17) is 0 Å². The molecule has 1 fully saturated rings. The molecule has 1 N–H and O–H groups in total. The van der Waals surface area contributed by atoms with E-state index in [-0.39, 0.29) is 13.0 Å². The van der Waals surface area contributed by atoms with Crippen molar-refractivity contribution >= 4 is 17.2 Å². The van der Waals surface area contributed by atoms with Gasteiger partial charge in [0.25, 0.3) is 5.91 Å². The van der Waals surface area contributed by atoms with Crippen LogP contribution in [0, 0.1) is 0 Å². The van der Waals surface area contributed by atoms with Gasteiger partial charge in [-0.3, -0.25) is 14.7 Å². The van der Waals surface area contributed by atoms with E-state index in [1.807, 2.05) is 28.5 Å². The highest BCUT2D eigenvalue weighted by molar-refractivity contribution is 7.07. The fraction of sp³-hybridized carbons (Fsp3) is 0.412. The Morgan fingerprint density at radius 2 is 2.17 bits per heavy atom. The van der Waals surface area contributed by atoms with Crippen LogP contribution in [0.1, 0.15) is 24.0 Å². The van der Waals surface area contributed by atoms with Gasteiger partial charge in [-0.25, -0.2) is 4.39 Å². The predicted molar refractivity (Wildman–Crippen MR) is 88.8 cm³/mol. The van der Waals surface area contributed by atoms with Crippen molar-refractivity contribution in [3.05, 3.63) is 52.5 Å². The lowest BCUT2D eigenvalue weighted by atomic mass is 9.93. The summed E-state index contributed by atoms with van der Waals surface area (Å²) in [7, 11) is 0. The number of halogens is 1. The summed E-state index contributed by atoms with van der Waals surface area (Å²) in [5, 5.41) is 6.81. The van der Waals surface area contributed by atoms with Crippen LogP contribution in [0.2, 0.25) is 0 Å². The number of likely N-dealkylation sites (tertiary alicyclic amines) is 1. The van der Waals surface area contributed by atoms with Crippen molar-refractivity contribution in [3.8, 4) is 0 Å². The van der Waals surface area contributed by atoms with Gasteiger partial charge in [0.15, 0.2) is 0 Å². The number of carbonyl (C=O) groups is 1. The van der Waals surface area contributed by atoms with Crippen molar-refractivity contribution < 1.29 is 9.18 Å². The third-order valence-corrected chi connectivity index (χ3v) is 4.85. The number of hydrogen-bond acceptors (Lipinski definition) is 4. The van der Waals surface area contributed by atoms with E-state index in [0.717, 1.165) is 12.1 Å². The van der Waals surface area contributed by atoms with Crippen molar-refractivity contribution in [2.75, 3.05) is 13.1 Å². The lowest BCUT2D eigenvalue weighted by Gasteiger charge is -2.36. The first-order chi connectivity index (χ1) is 11.2. The summed E-state index contributed by atoms with van der Waals surface area (Å²) in [4.78, 5) is 18.3. The molecule has 1 aliphatic rings. The standard InChI is InChI=1S/C17H20FN3OS/c18-17(16(22)20-10-14-2-6-19-7-3-14)5-1-8-21(13-17)11-15-4-9-23-12-15/h2-4,6-7,9,12H,1,5,8,10-11,13H2,(H,20,22). The zero-order valence-corrected chi connectivity index (χ0v) is 13.7. The van der Waals surface area contributed by atoms with Gasteiger partial charge in [0.1, 0.15) is 0 Å². The monoisotopic (exact) mass is 333 g/mol. The molecule has 3 rings (SSSR count). The number of thiophene rings is 1. The number of alkyl halides is 1.